The van der Waals surface area contributed by atoms with Crippen molar-refractivity contribution in [2.45, 2.75) is 45.6 Å². The van der Waals surface area contributed by atoms with Crippen LogP contribution >= 0.6 is 0 Å². The van der Waals surface area contributed by atoms with Gasteiger partial charge in [-0.1, -0.05) is 29.8 Å². The summed E-state index contributed by atoms with van der Waals surface area (Å²) in [6.07, 6.45) is 5.09. The van der Waals surface area contributed by atoms with E-state index in [-0.39, 0.29) is 5.54 Å². The second kappa shape index (κ2) is 6.44. The highest BCUT2D eigenvalue weighted by atomic mass is 15.2. The number of rotatable bonds is 5. The van der Waals surface area contributed by atoms with Crippen molar-refractivity contribution in [1.29, 1.82) is 0 Å². The van der Waals surface area contributed by atoms with Crippen LogP contribution in [0.5, 0.6) is 0 Å². The summed E-state index contributed by atoms with van der Waals surface area (Å²) in [5.74, 6) is 0.467. The molecule has 1 atom stereocenters. The zero-order valence-corrected chi connectivity index (χ0v) is 13.9. The number of hydrogen-bond donors (Lipinski definition) is 1. The Hall–Kier alpha value is -1.61. The molecule has 0 fully saturated rings. The van der Waals surface area contributed by atoms with Crippen molar-refractivity contribution in [3.63, 3.8) is 0 Å². The molecule has 114 valence electrons. The highest BCUT2D eigenvalue weighted by molar-refractivity contribution is 5.26. The lowest BCUT2D eigenvalue weighted by Gasteiger charge is -2.25. The monoisotopic (exact) mass is 285 g/mol. The normalized spacial score (nSPS) is 13.4. The minimum absolute atomic E-state index is 0.137. The van der Waals surface area contributed by atoms with Crippen LogP contribution in [0.1, 0.15) is 43.4 Å². The number of aryl methyl sites for hydroxylation is 2. The number of nitrogens with one attached hydrogen (secondary N) is 1. The summed E-state index contributed by atoms with van der Waals surface area (Å²) >= 11 is 0. The molecule has 1 aromatic heterocycles. The number of benzene rings is 1. The molecule has 3 nitrogen and oxygen atoms in total. The lowest BCUT2D eigenvalue weighted by atomic mass is 9.91. The Balaban J connectivity index is 2.15. The van der Waals surface area contributed by atoms with Crippen LogP contribution in [0.25, 0.3) is 0 Å². The maximum Gasteiger partial charge on any atom is 0.0521 e. The molecular weight excluding hydrogens is 258 g/mol. The number of aromatic nitrogens is 2. The van der Waals surface area contributed by atoms with Gasteiger partial charge in [0.2, 0.25) is 0 Å². The molecular formula is C18H27N3. The fourth-order valence-corrected chi connectivity index (χ4v) is 2.44. The van der Waals surface area contributed by atoms with Gasteiger partial charge in [0.1, 0.15) is 0 Å². The van der Waals surface area contributed by atoms with Crippen molar-refractivity contribution < 1.29 is 0 Å². The van der Waals surface area contributed by atoms with E-state index in [2.05, 4.69) is 68.6 Å². The SMILES string of the molecule is Cc1ccc(C(CNC(C)(C)C)Cc2cnn(C)c2)cc1. The fourth-order valence-electron chi connectivity index (χ4n) is 2.44. The van der Waals surface area contributed by atoms with Gasteiger partial charge in [-0.25, -0.2) is 0 Å². The molecule has 0 saturated heterocycles. The molecule has 0 aliphatic heterocycles. The molecule has 0 aliphatic rings. The summed E-state index contributed by atoms with van der Waals surface area (Å²) in [5.41, 5.74) is 4.13. The van der Waals surface area contributed by atoms with E-state index in [1.807, 2.05) is 17.9 Å². The molecule has 0 spiro atoms. The molecule has 21 heavy (non-hydrogen) atoms. The Morgan fingerprint density at radius 1 is 1.19 bits per heavy atom. The molecule has 3 heteroatoms. The van der Waals surface area contributed by atoms with Gasteiger partial charge in [-0.3, -0.25) is 4.68 Å². The minimum Gasteiger partial charge on any atom is -0.311 e. The topological polar surface area (TPSA) is 29.9 Å². The van der Waals surface area contributed by atoms with E-state index in [1.54, 1.807) is 0 Å². The maximum atomic E-state index is 4.28. The lowest BCUT2D eigenvalue weighted by molar-refractivity contribution is 0.405. The summed E-state index contributed by atoms with van der Waals surface area (Å²) in [4.78, 5) is 0. The molecule has 2 rings (SSSR count). The van der Waals surface area contributed by atoms with Crippen LogP contribution in [-0.4, -0.2) is 21.9 Å². The maximum absolute atomic E-state index is 4.28. The zero-order valence-electron chi connectivity index (χ0n) is 13.9. The van der Waals surface area contributed by atoms with Gasteiger partial charge >= 0.3 is 0 Å². The number of hydrogen-bond acceptors (Lipinski definition) is 2. The Labute approximate surface area is 128 Å². The quantitative estimate of drug-likeness (QED) is 0.912. The first kappa shape index (κ1) is 15.8. The van der Waals surface area contributed by atoms with Gasteiger partial charge in [0.15, 0.2) is 0 Å². The molecule has 0 radical (unpaired) electrons. The predicted molar refractivity (Wildman–Crippen MR) is 88.6 cm³/mol. The third-order valence-electron chi connectivity index (χ3n) is 3.67. The molecule has 0 saturated carbocycles. The molecule has 1 unspecified atom stereocenters. The van der Waals surface area contributed by atoms with Crippen LogP contribution in [0, 0.1) is 6.92 Å². The summed E-state index contributed by atoms with van der Waals surface area (Å²) in [5, 5.41) is 7.92. The predicted octanol–water partition coefficient (Wildman–Crippen LogP) is 3.44. The first-order valence-electron chi connectivity index (χ1n) is 7.62. The van der Waals surface area contributed by atoms with Crippen LogP contribution in [0.3, 0.4) is 0 Å². The van der Waals surface area contributed by atoms with E-state index in [0.29, 0.717) is 5.92 Å². The molecule has 2 aromatic rings. The Morgan fingerprint density at radius 3 is 2.38 bits per heavy atom. The lowest BCUT2D eigenvalue weighted by Crippen LogP contribution is -2.39. The Bertz CT molecular complexity index is 561. The van der Waals surface area contributed by atoms with Gasteiger partial charge in [-0.2, -0.15) is 5.10 Å². The van der Waals surface area contributed by atoms with Crippen LogP contribution in [0.15, 0.2) is 36.7 Å². The van der Waals surface area contributed by atoms with Crippen molar-refractivity contribution in [2.75, 3.05) is 6.54 Å². The van der Waals surface area contributed by atoms with E-state index in [4.69, 9.17) is 0 Å². The first-order chi connectivity index (χ1) is 9.83. The van der Waals surface area contributed by atoms with E-state index in [1.165, 1.54) is 16.7 Å². The van der Waals surface area contributed by atoms with E-state index in [9.17, 15) is 0 Å². The average Bonchev–Trinajstić information content (AvgIpc) is 2.80. The van der Waals surface area contributed by atoms with Gasteiger partial charge in [0.25, 0.3) is 0 Å². The first-order valence-corrected chi connectivity index (χ1v) is 7.62. The van der Waals surface area contributed by atoms with Crippen LogP contribution in [-0.2, 0) is 13.5 Å². The Kier molecular flexibility index (Phi) is 4.84. The second-order valence-electron chi connectivity index (χ2n) is 6.96. The largest absolute Gasteiger partial charge is 0.311 e. The zero-order chi connectivity index (χ0) is 15.5. The number of nitrogens with zero attached hydrogens (tertiary/aromatic N) is 2. The van der Waals surface area contributed by atoms with Gasteiger partial charge in [-0.05, 0) is 45.2 Å². The van der Waals surface area contributed by atoms with Crippen molar-refractivity contribution in [2.24, 2.45) is 7.05 Å². The van der Waals surface area contributed by atoms with E-state index < -0.39 is 0 Å². The highest BCUT2D eigenvalue weighted by Gasteiger charge is 2.17. The smallest absolute Gasteiger partial charge is 0.0521 e. The van der Waals surface area contributed by atoms with E-state index in [0.717, 1.165) is 13.0 Å². The van der Waals surface area contributed by atoms with E-state index >= 15 is 0 Å². The highest BCUT2D eigenvalue weighted by Crippen LogP contribution is 2.21. The third kappa shape index (κ3) is 5.01. The van der Waals surface area contributed by atoms with Crippen molar-refractivity contribution in [3.8, 4) is 0 Å². The van der Waals surface area contributed by atoms with Gasteiger partial charge in [0.05, 0.1) is 6.20 Å². The van der Waals surface area contributed by atoms with Crippen LogP contribution < -0.4 is 5.32 Å². The standard InChI is InChI=1S/C18H27N3/c1-14-6-8-16(9-7-14)17(12-19-18(2,3)4)10-15-11-20-21(5)13-15/h6-9,11,13,17,19H,10,12H2,1-5H3. The fraction of sp³-hybridized carbons (Fsp3) is 0.500. The van der Waals surface area contributed by atoms with Gasteiger partial charge < -0.3 is 5.32 Å². The van der Waals surface area contributed by atoms with Crippen LogP contribution in [0.2, 0.25) is 0 Å². The van der Waals surface area contributed by atoms with Gasteiger partial charge in [0, 0.05) is 31.2 Å². The van der Waals surface area contributed by atoms with Crippen molar-refractivity contribution in [3.05, 3.63) is 53.3 Å². The molecule has 0 bridgehead atoms. The molecule has 0 amide bonds. The van der Waals surface area contributed by atoms with Gasteiger partial charge in [-0.15, -0.1) is 0 Å². The molecule has 0 aliphatic carbocycles. The molecule has 1 heterocycles. The summed E-state index contributed by atoms with van der Waals surface area (Å²) in [7, 11) is 1.97. The average molecular weight is 285 g/mol. The minimum atomic E-state index is 0.137. The van der Waals surface area contributed by atoms with Crippen molar-refractivity contribution >= 4 is 0 Å². The van der Waals surface area contributed by atoms with Crippen molar-refractivity contribution in [1.82, 2.24) is 15.1 Å². The second-order valence-corrected chi connectivity index (χ2v) is 6.96. The summed E-state index contributed by atoms with van der Waals surface area (Å²) < 4.78 is 1.87. The van der Waals surface area contributed by atoms with Crippen LogP contribution in [0.4, 0.5) is 0 Å². The summed E-state index contributed by atoms with van der Waals surface area (Å²) in [6, 6.07) is 8.90. The third-order valence-corrected chi connectivity index (χ3v) is 3.67. The molecule has 1 N–H and O–H groups in total. The molecule has 1 aromatic carbocycles. The Morgan fingerprint density at radius 2 is 1.86 bits per heavy atom. The summed E-state index contributed by atoms with van der Waals surface area (Å²) in [6.45, 7) is 9.74.